The predicted molar refractivity (Wildman–Crippen MR) is 98.1 cm³/mol. The van der Waals surface area contributed by atoms with Crippen LogP contribution in [-0.2, 0) is 6.42 Å². The van der Waals surface area contributed by atoms with Gasteiger partial charge in [-0.25, -0.2) is 0 Å². The number of thiophene rings is 1. The van der Waals surface area contributed by atoms with Gasteiger partial charge in [0, 0.05) is 10.4 Å². The molecule has 3 rings (SSSR count). The van der Waals surface area contributed by atoms with Crippen molar-refractivity contribution in [2.45, 2.75) is 33.1 Å². The van der Waals surface area contributed by atoms with Crippen LogP contribution < -0.4 is 5.73 Å². The van der Waals surface area contributed by atoms with Crippen molar-refractivity contribution in [1.82, 2.24) is 4.98 Å². The number of fused-ring (bicyclic) bond motifs is 1. The zero-order valence-corrected chi connectivity index (χ0v) is 14.6. The van der Waals surface area contributed by atoms with E-state index < -0.39 is 0 Å². The summed E-state index contributed by atoms with van der Waals surface area (Å²) in [4.78, 5) is 4.92. The Balaban J connectivity index is 2.16. The summed E-state index contributed by atoms with van der Waals surface area (Å²) in [7, 11) is 0. The van der Waals surface area contributed by atoms with Crippen LogP contribution in [0.4, 0.5) is 0 Å². The first-order chi connectivity index (χ1) is 10.6. The Hall–Kier alpha value is -1.29. The normalized spacial score (nSPS) is 11.5. The highest BCUT2D eigenvalue weighted by atomic mass is 35.5. The van der Waals surface area contributed by atoms with Crippen LogP contribution in [0.1, 0.15) is 29.5 Å². The summed E-state index contributed by atoms with van der Waals surface area (Å²) in [6, 6.07) is 6.39. The number of halogens is 1. The number of aromatic amines is 1. The zero-order chi connectivity index (χ0) is 15.7. The lowest BCUT2D eigenvalue weighted by atomic mass is 10.0. The molecule has 0 radical (unpaired) electrons. The molecule has 4 heteroatoms. The Morgan fingerprint density at radius 1 is 1.23 bits per heavy atom. The molecule has 3 N–H and O–H groups in total. The highest BCUT2D eigenvalue weighted by molar-refractivity contribution is 7.13. The van der Waals surface area contributed by atoms with Gasteiger partial charge in [-0.1, -0.05) is 17.7 Å². The molecule has 0 aliphatic heterocycles. The summed E-state index contributed by atoms with van der Waals surface area (Å²) in [6.45, 7) is 4.97. The number of aromatic nitrogens is 1. The first kappa shape index (κ1) is 15.6. The molecule has 116 valence electrons. The minimum Gasteiger partial charge on any atom is -0.353 e. The van der Waals surface area contributed by atoms with Crippen LogP contribution in [0.2, 0.25) is 5.02 Å². The topological polar surface area (TPSA) is 41.8 Å². The number of nitrogens with two attached hydrogens (primary N) is 1. The number of rotatable bonds is 5. The molecule has 0 aliphatic rings. The number of unbranched alkanes of at least 4 members (excludes halogenated alkanes) is 1. The molecule has 2 heterocycles. The van der Waals surface area contributed by atoms with E-state index in [0.29, 0.717) is 0 Å². The van der Waals surface area contributed by atoms with E-state index in [4.69, 9.17) is 17.3 Å². The van der Waals surface area contributed by atoms with Gasteiger partial charge in [-0.3, -0.25) is 0 Å². The van der Waals surface area contributed by atoms with Crippen molar-refractivity contribution in [3.8, 4) is 10.6 Å². The van der Waals surface area contributed by atoms with Gasteiger partial charge >= 0.3 is 0 Å². The van der Waals surface area contributed by atoms with Gasteiger partial charge in [0.2, 0.25) is 0 Å². The molecule has 0 saturated heterocycles. The molecule has 22 heavy (non-hydrogen) atoms. The van der Waals surface area contributed by atoms with Crippen LogP contribution in [0, 0.1) is 13.8 Å². The van der Waals surface area contributed by atoms with Crippen LogP contribution in [0.5, 0.6) is 0 Å². The lowest BCUT2D eigenvalue weighted by molar-refractivity contribution is 0.748. The molecular formula is C18H21ClN2S. The summed E-state index contributed by atoms with van der Waals surface area (Å²) >= 11 is 8.08. The lowest BCUT2D eigenvalue weighted by Gasteiger charge is -2.03. The Kier molecular flexibility index (Phi) is 4.57. The fourth-order valence-corrected chi connectivity index (χ4v) is 4.00. The molecule has 0 amide bonds. The molecule has 3 aromatic rings. The third kappa shape index (κ3) is 2.81. The highest BCUT2D eigenvalue weighted by Crippen LogP contribution is 2.37. The van der Waals surface area contributed by atoms with Gasteiger partial charge in [-0.2, -0.15) is 0 Å². The Labute approximate surface area is 140 Å². The van der Waals surface area contributed by atoms with Crippen molar-refractivity contribution >= 4 is 33.8 Å². The van der Waals surface area contributed by atoms with E-state index in [1.165, 1.54) is 27.1 Å². The molecule has 0 spiro atoms. The average molecular weight is 333 g/mol. The van der Waals surface area contributed by atoms with Gasteiger partial charge < -0.3 is 10.7 Å². The number of hydrogen-bond donors (Lipinski definition) is 2. The van der Waals surface area contributed by atoms with E-state index in [-0.39, 0.29) is 0 Å². The summed E-state index contributed by atoms with van der Waals surface area (Å²) < 4.78 is 0. The summed E-state index contributed by atoms with van der Waals surface area (Å²) in [5.74, 6) is 0. The van der Waals surface area contributed by atoms with Crippen LogP contribution >= 0.6 is 22.9 Å². The van der Waals surface area contributed by atoms with E-state index in [9.17, 15) is 0 Å². The second-order valence-electron chi connectivity index (χ2n) is 5.81. The van der Waals surface area contributed by atoms with Gasteiger partial charge in [0.25, 0.3) is 0 Å². The quantitative estimate of drug-likeness (QED) is 0.599. The minimum atomic E-state index is 0.751. The van der Waals surface area contributed by atoms with Crippen LogP contribution in [-0.4, -0.2) is 11.5 Å². The third-order valence-corrected chi connectivity index (χ3v) is 5.61. The maximum absolute atomic E-state index is 6.29. The maximum atomic E-state index is 6.29. The van der Waals surface area contributed by atoms with Crippen LogP contribution in [0.25, 0.3) is 21.5 Å². The number of nitrogens with one attached hydrogen (secondary N) is 1. The standard InChI is InChI=1S/C18H21ClN2S/c1-11-9-16(22-10-11)18-13(5-3-4-8-20)14-6-7-15(19)12(2)17(14)21-18/h6-7,9-10,21H,3-5,8,20H2,1-2H3. The molecule has 2 nitrogen and oxygen atoms in total. The van der Waals surface area contributed by atoms with E-state index in [2.05, 4.69) is 36.3 Å². The molecule has 0 aliphatic carbocycles. The molecular weight excluding hydrogens is 312 g/mol. The maximum Gasteiger partial charge on any atom is 0.0598 e. The molecule has 2 aromatic heterocycles. The molecule has 1 aromatic carbocycles. The summed E-state index contributed by atoms with van der Waals surface area (Å²) in [5.41, 5.74) is 11.9. The second kappa shape index (κ2) is 6.45. The van der Waals surface area contributed by atoms with E-state index in [1.807, 2.05) is 6.07 Å². The smallest absolute Gasteiger partial charge is 0.0598 e. The fourth-order valence-electron chi connectivity index (χ4n) is 2.91. The molecule has 0 atom stereocenters. The lowest BCUT2D eigenvalue weighted by Crippen LogP contribution is -1.99. The van der Waals surface area contributed by atoms with Gasteiger partial charge in [0.1, 0.15) is 0 Å². The number of benzene rings is 1. The Morgan fingerprint density at radius 3 is 2.73 bits per heavy atom. The van der Waals surface area contributed by atoms with Crippen LogP contribution in [0.15, 0.2) is 23.6 Å². The number of hydrogen-bond acceptors (Lipinski definition) is 2. The third-order valence-electron chi connectivity index (χ3n) is 4.13. The first-order valence-corrected chi connectivity index (χ1v) is 8.92. The van der Waals surface area contributed by atoms with Gasteiger partial charge in [-0.05, 0) is 73.9 Å². The van der Waals surface area contributed by atoms with Gasteiger partial charge in [0.15, 0.2) is 0 Å². The SMILES string of the molecule is Cc1csc(-c2[nH]c3c(C)c(Cl)ccc3c2CCCCN)c1. The van der Waals surface area contributed by atoms with Crippen molar-refractivity contribution in [1.29, 1.82) is 0 Å². The summed E-state index contributed by atoms with van der Waals surface area (Å²) in [6.07, 6.45) is 3.22. The second-order valence-corrected chi connectivity index (χ2v) is 7.13. The highest BCUT2D eigenvalue weighted by Gasteiger charge is 2.16. The van der Waals surface area contributed by atoms with Crippen molar-refractivity contribution in [2.75, 3.05) is 6.54 Å². The van der Waals surface area contributed by atoms with Crippen molar-refractivity contribution in [3.05, 3.63) is 45.3 Å². The monoisotopic (exact) mass is 332 g/mol. The summed E-state index contributed by atoms with van der Waals surface area (Å²) in [5, 5.41) is 4.31. The molecule has 0 unspecified atom stereocenters. The fraction of sp³-hybridized carbons (Fsp3) is 0.333. The average Bonchev–Trinajstić information content (AvgIpc) is 3.08. The Bertz CT molecular complexity index is 801. The largest absolute Gasteiger partial charge is 0.353 e. The predicted octanol–water partition coefficient (Wildman–Crippen LogP) is 5.45. The van der Waals surface area contributed by atoms with E-state index in [0.717, 1.165) is 41.9 Å². The molecule has 0 bridgehead atoms. The van der Waals surface area contributed by atoms with Gasteiger partial charge in [0.05, 0.1) is 16.1 Å². The van der Waals surface area contributed by atoms with E-state index >= 15 is 0 Å². The minimum absolute atomic E-state index is 0.751. The van der Waals surface area contributed by atoms with Crippen molar-refractivity contribution < 1.29 is 0 Å². The van der Waals surface area contributed by atoms with Gasteiger partial charge in [-0.15, -0.1) is 11.3 Å². The zero-order valence-electron chi connectivity index (χ0n) is 13.0. The number of H-pyrrole nitrogens is 1. The number of aryl methyl sites for hydroxylation is 3. The van der Waals surface area contributed by atoms with Crippen molar-refractivity contribution in [3.63, 3.8) is 0 Å². The van der Waals surface area contributed by atoms with Crippen molar-refractivity contribution in [2.24, 2.45) is 5.73 Å². The van der Waals surface area contributed by atoms with E-state index in [1.54, 1.807) is 11.3 Å². The molecule has 0 saturated carbocycles. The Morgan fingerprint density at radius 2 is 2.05 bits per heavy atom. The molecule has 0 fully saturated rings. The first-order valence-electron chi connectivity index (χ1n) is 7.67. The van der Waals surface area contributed by atoms with Crippen LogP contribution in [0.3, 0.4) is 0 Å².